The molecule has 0 amide bonds. The smallest absolute Gasteiger partial charge is 0.216 e. The number of rotatable bonds is 7. The molecule has 1 N–H and O–H groups in total. The molecule has 3 aromatic rings. The molecule has 0 saturated heterocycles. The maximum absolute atomic E-state index is 13.0. The van der Waals surface area contributed by atoms with Crippen LogP contribution in [-0.4, -0.2) is 13.4 Å². The van der Waals surface area contributed by atoms with Crippen molar-refractivity contribution in [3.8, 4) is 0 Å². The summed E-state index contributed by atoms with van der Waals surface area (Å²) in [6.07, 6.45) is 0.653. The Bertz CT molecular complexity index is 969. The van der Waals surface area contributed by atoms with Crippen molar-refractivity contribution >= 4 is 21.4 Å². The molecule has 0 spiro atoms. The van der Waals surface area contributed by atoms with Crippen LogP contribution in [0.5, 0.6) is 0 Å². The molecular weight excluding hydrogens is 371 g/mol. The summed E-state index contributed by atoms with van der Waals surface area (Å²) in [6, 6.07) is 15.4. The summed E-state index contributed by atoms with van der Waals surface area (Å²) in [4.78, 5) is 5.50. The van der Waals surface area contributed by atoms with Gasteiger partial charge in [0.25, 0.3) is 0 Å². The van der Waals surface area contributed by atoms with Crippen molar-refractivity contribution in [3.63, 3.8) is 0 Å². The molecular formula is C19H19FN2O2S2. The first-order chi connectivity index (χ1) is 12.4. The minimum absolute atomic E-state index is 0.0549. The lowest BCUT2D eigenvalue weighted by Crippen LogP contribution is -2.24. The number of halogens is 1. The number of aromatic nitrogens is 1. The highest BCUT2D eigenvalue weighted by Gasteiger charge is 2.14. The number of nitrogens with zero attached hydrogens (tertiary/aromatic N) is 1. The Labute approximate surface area is 156 Å². The predicted octanol–water partition coefficient (Wildman–Crippen LogP) is 3.80. The van der Waals surface area contributed by atoms with Crippen LogP contribution in [0.4, 0.5) is 4.39 Å². The first-order valence-electron chi connectivity index (χ1n) is 8.12. The Morgan fingerprint density at radius 3 is 2.42 bits per heavy atom. The number of nitrogens with one attached hydrogen (secondary N) is 1. The fraction of sp³-hybridized carbons (Fsp3) is 0.211. The summed E-state index contributed by atoms with van der Waals surface area (Å²) >= 11 is 1.47. The molecule has 7 heteroatoms. The maximum atomic E-state index is 13.0. The summed E-state index contributed by atoms with van der Waals surface area (Å²) in [5.74, 6) is -0.316. The Kier molecular flexibility index (Phi) is 5.80. The molecule has 0 bridgehead atoms. The second-order valence-electron chi connectivity index (χ2n) is 5.99. The molecule has 0 aliphatic heterocycles. The molecule has 0 unspecified atom stereocenters. The number of sulfonamides is 1. The second-order valence-corrected chi connectivity index (χ2v) is 8.96. The van der Waals surface area contributed by atoms with E-state index in [1.165, 1.54) is 23.5 Å². The van der Waals surface area contributed by atoms with E-state index in [4.69, 9.17) is 0 Å². The highest BCUT2D eigenvalue weighted by atomic mass is 32.2. The van der Waals surface area contributed by atoms with Gasteiger partial charge in [0, 0.05) is 11.3 Å². The molecule has 0 aliphatic rings. The fourth-order valence-electron chi connectivity index (χ4n) is 2.53. The van der Waals surface area contributed by atoms with E-state index in [1.54, 1.807) is 24.3 Å². The zero-order valence-corrected chi connectivity index (χ0v) is 15.9. The van der Waals surface area contributed by atoms with Gasteiger partial charge in [0.2, 0.25) is 10.0 Å². The topological polar surface area (TPSA) is 59.1 Å². The van der Waals surface area contributed by atoms with E-state index in [2.05, 4.69) is 9.71 Å². The largest absolute Gasteiger partial charge is 0.245 e. The summed E-state index contributed by atoms with van der Waals surface area (Å²) in [5.41, 5.74) is 2.61. The number of hydrogen-bond acceptors (Lipinski definition) is 4. The van der Waals surface area contributed by atoms with Crippen molar-refractivity contribution in [3.05, 3.63) is 87.1 Å². The first kappa shape index (κ1) is 18.7. The van der Waals surface area contributed by atoms with E-state index < -0.39 is 10.0 Å². The SMILES string of the molecule is Cc1nc(CNS(=O)(=O)Cc2ccccc2)sc1Cc1ccc(F)cc1. The Morgan fingerprint density at radius 1 is 1.04 bits per heavy atom. The van der Waals surface area contributed by atoms with Crippen LogP contribution in [-0.2, 0) is 28.7 Å². The van der Waals surface area contributed by atoms with Crippen molar-refractivity contribution in [2.45, 2.75) is 25.6 Å². The zero-order valence-electron chi connectivity index (χ0n) is 14.3. The van der Waals surface area contributed by atoms with Gasteiger partial charge in [0.05, 0.1) is 18.0 Å². The summed E-state index contributed by atoms with van der Waals surface area (Å²) in [5, 5.41) is 0.719. The molecule has 4 nitrogen and oxygen atoms in total. The van der Waals surface area contributed by atoms with Crippen LogP contribution in [0.1, 0.15) is 26.7 Å². The van der Waals surface area contributed by atoms with Crippen molar-refractivity contribution < 1.29 is 12.8 Å². The number of hydrogen-bond donors (Lipinski definition) is 1. The van der Waals surface area contributed by atoms with Gasteiger partial charge >= 0.3 is 0 Å². The van der Waals surface area contributed by atoms with Crippen molar-refractivity contribution in [1.29, 1.82) is 0 Å². The van der Waals surface area contributed by atoms with Crippen molar-refractivity contribution in [2.75, 3.05) is 0 Å². The van der Waals surface area contributed by atoms with Gasteiger partial charge in [-0.15, -0.1) is 11.3 Å². The van der Waals surface area contributed by atoms with Gasteiger partial charge in [0.1, 0.15) is 10.8 Å². The Morgan fingerprint density at radius 2 is 1.73 bits per heavy atom. The van der Waals surface area contributed by atoms with Crippen molar-refractivity contribution in [1.82, 2.24) is 9.71 Å². The van der Waals surface area contributed by atoms with Crippen LogP contribution in [0, 0.1) is 12.7 Å². The zero-order chi connectivity index (χ0) is 18.6. The van der Waals surface area contributed by atoms with Crippen molar-refractivity contribution in [2.24, 2.45) is 0 Å². The molecule has 3 rings (SSSR count). The fourth-order valence-corrected chi connectivity index (χ4v) is 4.76. The first-order valence-corrected chi connectivity index (χ1v) is 10.6. The van der Waals surface area contributed by atoms with E-state index in [9.17, 15) is 12.8 Å². The Balaban J connectivity index is 1.63. The highest BCUT2D eigenvalue weighted by Crippen LogP contribution is 2.22. The van der Waals surface area contributed by atoms with Gasteiger partial charge in [-0.3, -0.25) is 0 Å². The van der Waals surface area contributed by atoms with Gasteiger partial charge in [-0.25, -0.2) is 22.5 Å². The van der Waals surface area contributed by atoms with Crippen LogP contribution < -0.4 is 4.72 Å². The van der Waals surface area contributed by atoms with E-state index in [-0.39, 0.29) is 18.1 Å². The molecule has 0 saturated carbocycles. The van der Waals surface area contributed by atoms with E-state index in [0.29, 0.717) is 6.42 Å². The quantitative estimate of drug-likeness (QED) is 0.668. The molecule has 26 heavy (non-hydrogen) atoms. The summed E-state index contributed by atoms with van der Waals surface area (Å²) < 4.78 is 40.0. The van der Waals surface area contributed by atoms with Gasteiger partial charge < -0.3 is 0 Å². The van der Waals surface area contributed by atoms with Crippen LogP contribution in [0.15, 0.2) is 54.6 Å². The van der Waals surface area contributed by atoms with Gasteiger partial charge in [-0.05, 0) is 30.2 Å². The molecule has 0 aliphatic carbocycles. The molecule has 0 fully saturated rings. The predicted molar refractivity (Wildman–Crippen MR) is 102 cm³/mol. The third kappa shape index (κ3) is 5.20. The average molecular weight is 391 g/mol. The van der Waals surface area contributed by atoms with Crippen LogP contribution in [0.25, 0.3) is 0 Å². The van der Waals surface area contributed by atoms with E-state index in [1.807, 2.05) is 25.1 Å². The molecule has 1 heterocycles. The van der Waals surface area contributed by atoms with Gasteiger partial charge in [-0.2, -0.15) is 0 Å². The lowest BCUT2D eigenvalue weighted by molar-refractivity contribution is 0.580. The minimum Gasteiger partial charge on any atom is -0.245 e. The Hall–Kier alpha value is -2.09. The second kappa shape index (κ2) is 8.07. The number of thiazole rings is 1. The minimum atomic E-state index is -3.43. The lowest BCUT2D eigenvalue weighted by Gasteiger charge is -2.05. The summed E-state index contributed by atoms with van der Waals surface area (Å²) in [6.45, 7) is 2.07. The molecule has 1 aromatic heterocycles. The van der Waals surface area contributed by atoms with Crippen LogP contribution in [0.2, 0.25) is 0 Å². The number of benzene rings is 2. The molecule has 136 valence electrons. The summed E-state index contributed by atoms with van der Waals surface area (Å²) in [7, 11) is -3.43. The normalized spacial score (nSPS) is 11.6. The van der Waals surface area contributed by atoms with Gasteiger partial charge in [0.15, 0.2) is 0 Å². The lowest BCUT2D eigenvalue weighted by atomic mass is 10.1. The maximum Gasteiger partial charge on any atom is 0.216 e. The third-order valence-corrected chi connectivity index (χ3v) is 6.31. The van der Waals surface area contributed by atoms with E-state index in [0.717, 1.165) is 26.7 Å². The monoisotopic (exact) mass is 390 g/mol. The highest BCUT2D eigenvalue weighted by molar-refractivity contribution is 7.88. The van der Waals surface area contributed by atoms with Gasteiger partial charge in [-0.1, -0.05) is 42.5 Å². The standard InChI is InChI=1S/C19H19FN2O2S2/c1-14-18(11-15-7-9-17(20)10-8-15)25-19(22-14)12-21-26(23,24)13-16-5-3-2-4-6-16/h2-10,21H,11-13H2,1H3. The third-order valence-electron chi connectivity index (χ3n) is 3.86. The van der Waals surface area contributed by atoms with Crippen LogP contribution in [0.3, 0.4) is 0 Å². The molecule has 2 aromatic carbocycles. The average Bonchev–Trinajstić information content (AvgIpc) is 2.96. The number of aryl methyl sites for hydroxylation is 1. The molecule has 0 atom stereocenters. The molecule has 0 radical (unpaired) electrons. The van der Waals surface area contributed by atoms with E-state index >= 15 is 0 Å². The van der Waals surface area contributed by atoms with Crippen LogP contribution >= 0.6 is 11.3 Å².